The lowest BCUT2D eigenvalue weighted by molar-refractivity contribution is 0.580. The summed E-state index contributed by atoms with van der Waals surface area (Å²) in [6.45, 7) is 3.72. The van der Waals surface area contributed by atoms with Gasteiger partial charge in [-0.05, 0) is 31.5 Å². The number of nitrogens with one attached hydrogen (secondary N) is 1. The third-order valence-corrected chi connectivity index (χ3v) is 5.58. The van der Waals surface area contributed by atoms with Crippen LogP contribution in [0.25, 0.3) is 0 Å². The van der Waals surface area contributed by atoms with Crippen molar-refractivity contribution in [2.45, 2.75) is 30.0 Å². The average Bonchev–Trinajstić information content (AvgIpc) is 2.36. The quantitative estimate of drug-likeness (QED) is 0.811. The zero-order valence-corrected chi connectivity index (χ0v) is 12.9. The van der Waals surface area contributed by atoms with Crippen LogP contribution in [0.2, 0.25) is 0 Å². The van der Waals surface area contributed by atoms with Crippen molar-refractivity contribution in [2.24, 2.45) is 5.73 Å². The maximum absolute atomic E-state index is 12.0. The van der Waals surface area contributed by atoms with Gasteiger partial charge in [-0.15, -0.1) is 0 Å². The highest BCUT2D eigenvalue weighted by atomic mass is 32.2. The van der Waals surface area contributed by atoms with Gasteiger partial charge in [0.1, 0.15) is 0 Å². The maximum atomic E-state index is 12.0. The Kier molecular flexibility index (Phi) is 5.66. The highest BCUT2D eigenvalue weighted by Gasteiger charge is 2.16. The minimum Gasteiger partial charge on any atom is -0.324 e. The first kappa shape index (κ1) is 16.3. The molecule has 0 amide bonds. The number of hydrogen-bond acceptors (Lipinski definition) is 4. The van der Waals surface area contributed by atoms with Gasteiger partial charge in [0.25, 0.3) is 0 Å². The Morgan fingerprint density at radius 1 is 1.26 bits per heavy atom. The first-order chi connectivity index (χ1) is 8.74. The molecule has 1 aromatic rings. The van der Waals surface area contributed by atoms with Gasteiger partial charge in [0, 0.05) is 34.9 Å². The summed E-state index contributed by atoms with van der Waals surface area (Å²) in [6, 6.07) is 6.30. The Morgan fingerprint density at radius 3 is 2.21 bits per heavy atom. The minimum atomic E-state index is -3.56. The third-order valence-electron chi connectivity index (χ3n) is 2.84. The van der Waals surface area contributed by atoms with Crippen LogP contribution in [0.15, 0.2) is 29.2 Å². The van der Waals surface area contributed by atoms with E-state index in [1.54, 1.807) is 25.3 Å². The summed E-state index contributed by atoms with van der Waals surface area (Å²) in [5.41, 5.74) is 6.58. The smallest absolute Gasteiger partial charge is 0.240 e. The molecule has 1 rings (SSSR count). The minimum absolute atomic E-state index is 0.132. The number of rotatable bonds is 6. The zero-order valence-electron chi connectivity index (χ0n) is 11.3. The van der Waals surface area contributed by atoms with Gasteiger partial charge in [0.05, 0.1) is 4.90 Å². The Bertz CT molecular complexity index is 539. The Morgan fingerprint density at radius 2 is 1.79 bits per heavy atom. The normalized spacial score (nSPS) is 16.8. The van der Waals surface area contributed by atoms with Crippen LogP contribution in [-0.2, 0) is 20.8 Å². The topological polar surface area (TPSA) is 89.3 Å². The molecule has 0 aliphatic carbocycles. The second-order valence-electron chi connectivity index (χ2n) is 4.52. The summed E-state index contributed by atoms with van der Waals surface area (Å²) in [5, 5.41) is -0.224. The van der Waals surface area contributed by atoms with Crippen LogP contribution < -0.4 is 10.5 Å². The van der Waals surface area contributed by atoms with Crippen LogP contribution >= 0.6 is 0 Å². The molecule has 0 aromatic heterocycles. The van der Waals surface area contributed by atoms with Crippen molar-refractivity contribution in [3.63, 3.8) is 0 Å². The number of benzene rings is 1. The van der Waals surface area contributed by atoms with E-state index in [1.807, 2.05) is 6.92 Å². The molecule has 3 unspecified atom stereocenters. The Balaban J connectivity index is 2.80. The zero-order chi connectivity index (χ0) is 14.6. The van der Waals surface area contributed by atoms with Crippen LogP contribution in [0.3, 0.4) is 0 Å². The monoisotopic (exact) mass is 304 g/mol. The van der Waals surface area contributed by atoms with Crippen molar-refractivity contribution in [1.82, 2.24) is 4.72 Å². The molecule has 19 heavy (non-hydrogen) atoms. The lowest BCUT2D eigenvalue weighted by Crippen LogP contribution is -2.32. The molecule has 5 nitrogen and oxygen atoms in total. The fourth-order valence-electron chi connectivity index (χ4n) is 1.38. The molecule has 3 atom stereocenters. The molecule has 0 heterocycles. The van der Waals surface area contributed by atoms with Crippen molar-refractivity contribution < 1.29 is 12.6 Å². The molecule has 108 valence electrons. The van der Waals surface area contributed by atoms with Gasteiger partial charge in [0.2, 0.25) is 10.0 Å². The standard InChI is InChI=1S/C12H20N2O3S2/c1-9(18(3)15)8-14-19(16,17)12-6-4-11(5-7-12)10(2)13/h4-7,9-10,14H,8,13H2,1-3H3. The molecule has 1 aromatic carbocycles. The summed E-state index contributed by atoms with van der Waals surface area (Å²) in [6.07, 6.45) is 1.55. The van der Waals surface area contributed by atoms with E-state index in [9.17, 15) is 12.6 Å². The lowest BCUT2D eigenvalue weighted by Gasteiger charge is -2.11. The maximum Gasteiger partial charge on any atom is 0.240 e. The van der Waals surface area contributed by atoms with Crippen LogP contribution in [0.1, 0.15) is 25.5 Å². The number of hydrogen-bond donors (Lipinski definition) is 2. The van der Waals surface area contributed by atoms with Crippen LogP contribution in [-0.4, -0.2) is 30.7 Å². The lowest BCUT2D eigenvalue weighted by atomic mass is 10.1. The van der Waals surface area contributed by atoms with Gasteiger partial charge in [-0.1, -0.05) is 12.1 Å². The molecule has 0 aliphatic heterocycles. The molecule has 0 bridgehead atoms. The number of sulfonamides is 1. The highest BCUT2D eigenvalue weighted by molar-refractivity contribution is 7.89. The van der Waals surface area contributed by atoms with Crippen molar-refractivity contribution in [3.05, 3.63) is 29.8 Å². The van der Waals surface area contributed by atoms with Gasteiger partial charge < -0.3 is 5.73 Å². The molecule has 0 spiro atoms. The van der Waals surface area contributed by atoms with E-state index in [-0.39, 0.29) is 22.7 Å². The summed E-state index contributed by atoms with van der Waals surface area (Å²) in [5.74, 6) is 0. The van der Waals surface area contributed by atoms with E-state index in [0.717, 1.165) is 5.56 Å². The van der Waals surface area contributed by atoms with Gasteiger partial charge >= 0.3 is 0 Å². The van der Waals surface area contributed by atoms with Crippen LogP contribution in [0.4, 0.5) is 0 Å². The van der Waals surface area contributed by atoms with Gasteiger partial charge in [-0.25, -0.2) is 13.1 Å². The third kappa shape index (κ3) is 4.68. The summed E-state index contributed by atoms with van der Waals surface area (Å²) >= 11 is 0. The Labute approximate surface area is 117 Å². The summed E-state index contributed by atoms with van der Waals surface area (Å²) < 4.78 is 37.6. The molecular weight excluding hydrogens is 284 g/mol. The molecule has 7 heteroatoms. The first-order valence-corrected chi connectivity index (χ1v) is 9.02. The van der Waals surface area contributed by atoms with E-state index in [2.05, 4.69) is 4.72 Å². The van der Waals surface area contributed by atoms with Crippen molar-refractivity contribution >= 4 is 20.8 Å². The van der Waals surface area contributed by atoms with E-state index in [0.29, 0.717) is 0 Å². The van der Waals surface area contributed by atoms with E-state index in [1.165, 1.54) is 12.1 Å². The largest absolute Gasteiger partial charge is 0.324 e. The molecule has 0 aliphatic rings. The van der Waals surface area contributed by atoms with E-state index < -0.39 is 20.8 Å². The average molecular weight is 304 g/mol. The highest BCUT2D eigenvalue weighted by Crippen LogP contribution is 2.14. The predicted octanol–water partition coefficient (Wildman–Crippen LogP) is 0.752. The van der Waals surface area contributed by atoms with Crippen LogP contribution in [0.5, 0.6) is 0 Å². The van der Waals surface area contributed by atoms with Gasteiger partial charge in [-0.3, -0.25) is 4.21 Å². The van der Waals surface area contributed by atoms with Crippen molar-refractivity contribution in [1.29, 1.82) is 0 Å². The van der Waals surface area contributed by atoms with Gasteiger partial charge in [-0.2, -0.15) is 0 Å². The summed E-state index contributed by atoms with van der Waals surface area (Å²) in [7, 11) is -4.61. The Hall–Kier alpha value is -0.760. The van der Waals surface area contributed by atoms with Gasteiger partial charge in [0.15, 0.2) is 0 Å². The fraction of sp³-hybridized carbons (Fsp3) is 0.500. The predicted molar refractivity (Wildman–Crippen MR) is 77.8 cm³/mol. The number of nitrogens with two attached hydrogens (primary N) is 1. The fourth-order valence-corrected chi connectivity index (χ4v) is 2.93. The molecule has 3 N–H and O–H groups in total. The SMILES string of the molecule is CC(N)c1ccc(S(=O)(=O)NCC(C)S(C)=O)cc1. The first-order valence-electron chi connectivity index (χ1n) is 5.91. The van der Waals surface area contributed by atoms with Crippen molar-refractivity contribution in [3.8, 4) is 0 Å². The van der Waals surface area contributed by atoms with E-state index in [4.69, 9.17) is 5.73 Å². The molecule has 0 saturated heterocycles. The second-order valence-corrected chi connectivity index (χ2v) is 8.09. The molecule has 0 saturated carbocycles. The molecule has 0 fully saturated rings. The second kappa shape index (κ2) is 6.60. The van der Waals surface area contributed by atoms with Crippen LogP contribution in [0, 0.1) is 0 Å². The molecule has 0 radical (unpaired) electrons. The van der Waals surface area contributed by atoms with E-state index >= 15 is 0 Å². The molecular formula is C12H20N2O3S2. The van der Waals surface area contributed by atoms with Crippen molar-refractivity contribution in [2.75, 3.05) is 12.8 Å². The summed E-state index contributed by atoms with van der Waals surface area (Å²) in [4.78, 5) is 0.186.